The summed E-state index contributed by atoms with van der Waals surface area (Å²) in [6.07, 6.45) is 2.20. The zero-order chi connectivity index (χ0) is 13.0. The second-order valence-electron chi connectivity index (χ2n) is 5.35. The molecule has 2 aliphatic heterocycles. The van der Waals surface area contributed by atoms with Crippen molar-refractivity contribution in [3.63, 3.8) is 0 Å². The molecule has 18 heavy (non-hydrogen) atoms. The van der Waals surface area contributed by atoms with E-state index >= 15 is 0 Å². The second kappa shape index (κ2) is 6.29. The van der Waals surface area contributed by atoms with E-state index in [2.05, 4.69) is 16.8 Å². The Labute approximate surface area is 109 Å². The Hall–Kier alpha value is -0.940. The standard InChI is InChI=1S/C13H23N3O2/c1-14-5-2-6-15(10-9-14)11-13(18)16-7-3-12(17)4-8-16/h2-11H2,1H3. The molecule has 0 aliphatic carbocycles. The summed E-state index contributed by atoms with van der Waals surface area (Å²) in [5.74, 6) is 0.475. The maximum Gasteiger partial charge on any atom is 0.236 e. The highest BCUT2D eigenvalue weighted by molar-refractivity contribution is 5.84. The van der Waals surface area contributed by atoms with E-state index in [1.54, 1.807) is 0 Å². The highest BCUT2D eigenvalue weighted by atomic mass is 16.2. The molecule has 2 saturated heterocycles. The zero-order valence-corrected chi connectivity index (χ0v) is 11.2. The van der Waals surface area contributed by atoms with Crippen LogP contribution in [0.3, 0.4) is 0 Å². The number of piperidine rings is 1. The van der Waals surface area contributed by atoms with Gasteiger partial charge in [0, 0.05) is 39.0 Å². The Morgan fingerprint density at radius 3 is 2.50 bits per heavy atom. The monoisotopic (exact) mass is 253 g/mol. The molecular formula is C13H23N3O2. The van der Waals surface area contributed by atoms with Crippen molar-refractivity contribution < 1.29 is 9.59 Å². The lowest BCUT2D eigenvalue weighted by atomic mass is 10.1. The molecule has 0 unspecified atom stereocenters. The molecule has 5 heteroatoms. The normalized spacial score (nSPS) is 24.1. The summed E-state index contributed by atoms with van der Waals surface area (Å²) in [6, 6.07) is 0. The fourth-order valence-electron chi connectivity index (χ4n) is 2.55. The van der Waals surface area contributed by atoms with E-state index in [9.17, 15) is 9.59 Å². The predicted octanol–water partition coefficient (Wildman–Crippen LogP) is -0.185. The van der Waals surface area contributed by atoms with Crippen molar-refractivity contribution in [2.24, 2.45) is 0 Å². The lowest BCUT2D eigenvalue weighted by Gasteiger charge is -2.29. The summed E-state index contributed by atoms with van der Waals surface area (Å²) < 4.78 is 0. The van der Waals surface area contributed by atoms with Crippen LogP contribution in [-0.4, -0.2) is 79.3 Å². The molecule has 102 valence electrons. The largest absolute Gasteiger partial charge is 0.341 e. The number of carbonyl (C=O) groups excluding carboxylic acids is 2. The minimum atomic E-state index is 0.187. The fourth-order valence-corrected chi connectivity index (χ4v) is 2.55. The smallest absolute Gasteiger partial charge is 0.236 e. The number of amides is 1. The molecule has 0 saturated carbocycles. The Morgan fingerprint density at radius 2 is 1.78 bits per heavy atom. The van der Waals surface area contributed by atoms with Gasteiger partial charge in [0.05, 0.1) is 6.54 Å². The van der Waals surface area contributed by atoms with Crippen LogP contribution < -0.4 is 0 Å². The number of likely N-dealkylation sites (N-methyl/N-ethyl adjacent to an activating group) is 1. The molecule has 0 spiro atoms. The lowest BCUT2D eigenvalue weighted by Crippen LogP contribution is -2.45. The first-order valence-electron chi connectivity index (χ1n) is 6.85. The SMILES string of the molecule is CN1CCCN(CC(=O)N2CCC(=O)CC2)CC1. The fraction of sp³-hybridized carbons (Fsp3) is 0.846. The van der Waals surface area contributed by atoms with Gasteiger partial charge >= 0.3 is 0 Å². The first-order chi connectivity index (χ1) is 8.65. The van der Waals surface area contributed by atoms with Crippen molar-refractivity contribution in [1.29, 1.82) is 0 Å². The number of hydrogen-bond donors (Lipinski definition) is 0. The molecule has 0 aromatic carbocycles. The Balaban J connectivity index is 1.78. The van der Waals surface area contributed by atoms with Crippen LogP contribution in [0.2, 0.25) is 0 Å². The summed E-state index contributed by atoms with van der Waals surface area (Å²) in [4.78, 5) is 29.7. The van der Waals surface area contributed by atoms with Crippen LogP contribution in [0.25, 0.3) is 0 Å². The molecule has 0 aromatic rings. The van der Waals surface area contributed by atoms with E-state index in [1.165, 1.54) is 0 Å². The Kier molecular flexibility index (Phi) is 4.72. The van der Waals surface area contributed by atoms with Crippen LogP contribution in [0.5, 0.6) is 0 Å². The van der Waals surface area contributed by atoms with Crippen LogP contribution in [0, 0.1) is 0 Å². The molecule has 1 amide bonds. The van der Waals surface area contributed by atoms with Gasteiger partial charge in [0.25, 0.3) is 0 Å². The zero-order valence-electron chi connectivity index (χ0n) is 11.2. The number of carbonyl (C=O) groups is 2. The van der Waals surface area contributed by atoms with E-state index in [0.29, 0.717) is 32.5 Å². The third-order valence-corrected chi connectivity index (χ3v) is 3.84. The van der Waals surface area contributed by atoms with E-state index in [4.69, 9.17) is 0 Å². The van der Waals surface area contributed by atoms with E-state index < -0.39 is 0 Å². The quantitative estimate of drug-likeness (QED) is 0.684. The molecular weight excluding hydrogens is 230 g/mol. The van der Waals surface area contributed by atoms with Gasteiger partial charge in [-0.15, -0.1) is 0 Å². The van der Waals surface area contributed by atoms with Gasteiger partial charge in [-0.2, -0.15) is 0 Å². The summed E-state index contributed by atoms with van der Waals surface area (Å²) in [6.45, 7) is 5.87. The predicted molar refractivity (Wildman–Crippen MR) is 69.4 cm³/mol. The van der Waals surface area contributed by atoms with Crippen molar-refractivity contribution >= 4 is 11.7 Å². The minimum absolute atomic E-state index is 0.187. The van der Waals surface area contributed by atoms with E-state index in [-0.39, 0.29) is 11.7 Å². The number of ketones is 1. The van der Waals surface area contributed by atoms with Crippen molar-refractivity contribution in [3.8, 4) is 0 Å². The third-order valence-electron chi connectivity index (χ3n) is 3.84. The van der Waals surface area contributed by atoms with E-state index in [1.807, 2.05) is 4.90 Å². The average Bonchev–Trinajstić information content (AvgIpc) is 2.55. The topological polar surface area (TPSA) is 43.9 Å². The number of nitrogens with zero attached hydrogens (tertiary/aromatic N) is 3. The minimum Gasteiger partial charge on any atom is -0.341 e. The molecule has 2 rings (SSSR count). The Bertz CT molecular complexity index is 309. The molecule has 0 atom stereocenters. The first-order valence-corrected chi connectivity index (χ1v) is 6.85. The van der Waals surface area contributed by atoms with Gasteiger partial charge in [-0.25, -0.2) is 0 Å². The highest BCUT2D eigenvalue weighted by Gasteiger charge is 2.23. The van der Waals surface area contributed by atoms with Gasteiger partial charge in [-0.3, -0.25) is 14.5 Å². The summed E-state index contributed by atoms with van der Waals surface area (Å²) >= 11 is 0. The van der Waals surface area contributed by atoms with Crippen LogP contribution in [0.4, 0.5) is 0 Å². The molecule has 5 nitrogen and oxygen atoms in total. The first kappa shape index (κ1) is 13.5. The molecule has 0 radical (unpaired) electrons. The third kappa shape index (κ3) is 3.78. The number of rotatable bonds is 2. The van der Waals surface area contributed by atoms with Gasteiger partial charge in [-0.05, 0) is 26.6 Å². The van der Waals surface area contributed by atoms with Crippen LogP contribution in [0.15, 0.2) is 0 Å². The maximum atomic E-state index is 12.1. The molecule has 2 aliphatic rings. The van der Waals surface area contributed by atoms with E-state index in [0.717, 1.165) is 32.6 Å². The molecule has 0 aromatic heterocycles. The van der Waals surface area contributed by atoms with Gasteiger partial charge in [0.15, 0.2) is 0 Å². The maximum absolute atomic E-state index is 12.1. The van der Waals surface area contributed by atoms with Crippen LogP contribution in [0.1, 0.15) is 19.3 Å². The van der Waals surface area contributed by atoms with Crippen molar-refractivity contribution in [1.82, 2.24) is 14.7 Å². The second-order valence-corrected chi connectivity index (χ2v) is 5.35. The molecule has 2 heterocycles. The van der Waals surface area contributed by atoms with Gasteiger partial charge in [0.1, 0.15) is 5.78 Å². The summed E-state index contributed by atoms with van der Waals surface area (Å²) in [7, 11) is 2.13. The van der Waals surface area contributed by atoms with Crippen LogP contribution >= 0.6 is 0 Å². The van der Waals surface area contributed by atoms with Crippen LogP contribution in [-0.2, 0) is 9.59 Å². The molecule has 0 bridgehead atoms. The summed E-state index contributed by atoms with van der Waals surface area (Å²) in [5.41, 5.74) is 0. The molecule has 2 fully saturated rings. The highest BCUT2D eigenvalue weighted by Crippen LogP contribution is 2.08. The number of hydrogen-bond acceptors (Lipinski definition) is 4. The summed E-state index contributed by atoms with van der Waals surface area (Å²) in [5, 5.41) is 0. The van der Waals surface area contributed by atoms with Gasteiger partial charge < -0.3 is 9.80 Å². The van der Waals surface area contributed by atoms with Gasteiger partial charge in [-0.1, -0.05) is 0 Å². The Morgan fingerprint density at radius 1 is 1.06 bits per heavy atom. The molecule has 0 N–H and O–H groups in total. The van der Waals surface area contributed by atoms with Crippen molar-refractivity contribution in [2.75, 3.05) is 52.9 Å². The van der Waals surface area contributed by atoms with Crippen molar-refractivity contribution in [3.05, 3.63) is 0 Å². The number of likely N-dealkylation sites (tertiary alicyclic amines) is 1. The average molecular weight is 253 g/mol. The number of Topliss-reactive ketones (excluding diaryl/α,β-unsaturated/α-hetero) is 1. The van der Waals surface area contributed by atoms with Crippen molar-refractivity contribution in [2.45, 2.75) is 19.3 Å². The van der Waals surface area contributed by atoms with Gasteiger partial charge in [0.2, 0.25) is 5.91 Å². The lowest BCUT2D eigenvalue weighted by molar-refractivity contribution is -0.135.